The molecular weight excluding hydrogens is 468 g/mol. The van der Waals surface area contributed by atoms with Crippen LogP contribution in [0.15, 0.2) is 91.0 Å². The van der Waals surface area contributed by atoms with Gasteiger partial charge in [0.1, 0.15) is 11.6 Å². The molecule has 5 rings (SSSR count). The molecule has 37 heavy (non-hydrogen) atoms. The second-order valence-corrected chi connectivity index (χ2v) is 8.32. The highest BCUT2D eigenvalue weighted by Gasteiger charge is 2.19. The number of hydrogen-bond acceptors (Lipinski definition) is 6. The van der Waals surface area contributed by atoms with Gasteiger partial charge in [0.15, 0.2) is 11.5 Å². The Labute approximate surface area is 214 Å². The van der Waals surface area contributed by atoms with Crippen molar-refractivity contribution in [1.29, 1.82) is 0 Å². The Hall–Kier alpha value is -4.78. The van der Waals surface area contributed by atoms with Gasteiger partial charge in [0.25, 0.3) is 0 Å². The summed E-state index contributed by atoms with van der Waals surface area (Å²) >= 11 is 0. The van der Waals surface area contributed by atoms with Gasteiger partial charge < -0.3 is 23.5 Å². The second kappa shape index (κ2) is 10.5. The number of ether oxygens (including phenoxy) is 4. The molecule has 0 bridgehead atoms. The highest BCUT2D eigenvalue weighted by molar-refractivity contribution is 5.92. The zero-order valence-corrected chi connectivity index (χ0v) is 20.8. The summed E-state index contributed by atoms with van der Waals surface area (Å²) in [6, 6.07) is 28.8. The number of imidazole rings is 1. The molecule has 0 aliphatic rings. The summed E-state index contributed by atoms with van der Waals surface area (Å²) < 4.78 is 23.8. The van der Waals surface area contributed by atoms with Crippen molar-refractivity contribution in [2.45, 2.75) is 6.54 Å². The lowest BCUT2D eigenvalue weighted by atomic mass is 10.1. The van der Waals surface area contributed by atoms with Gasteiger partial charge in [-0.2, -0.15) is 0 Å². The molecule has 4 aromatic carbocycles. The second-order valence-electron chi connectivity index (χ2n) is 8.32. The number of fused-ring (bicyclic) bond motifs is 1. The number of esters is 1. The quantitative estimate of drug-likeness (QED) is 0.195. The van der Waals surface area contributed by atoms with Gasteiger partial charge in [-0.3, -0.25) is 0 Å². The van der Waals surface area contributed by atoms with Crippen LogP contribution in [-0.4, -0.2) is 36.8 Å². The van der Waals surface area contributed by atoms with Crippen molar-refractivity contribution >= 4 is 17.0 Å². The standard InChI is InChI=1S/C30H26N2O5/c1-34-26-17-22(18-27(35-2)28(26)36-3)30(33)37-23-15-13-21(14-16-23)29-31-24-11-7-8-12-25(24)32(29)19-20-9-5-4-6-10-20/h4-18H,19H2,1-3H3. The maximum Gasteiger partial charge on any atom is 0.343 e. The lowest BCUT2D eigenvalue weighted by Gasteiger charge is -2.14. The highest BCUT2D eigenvalue weighted by atomic mass is 16.5. The van der Waals surface area contributed by atoms with E-state index in [1.807, 2.05) is 48.5 Å². The van der Waals surface area contributed by atoms with Gasteiger partial charge in [-0.05, 0) is 54.1 Å². The molecule has 0 amide bonds. The molecular formula is C30H26N2O5. The van der Waals surface area contributed by atoms with Crippen molar-refractivity contribution in [2.24, 2.45) is 0 Å². The summed E-state index contributed by atoms with van der Waals surface area (Å²) in [5.41, 5.74) is 4.36. The van der Waals surface area contributed by atoms with Crippen molar-refractivity contribution in [1.82, 2.24) is 9.55 Å². The zero-order chi connectivity index (χ0) is 25.8. The predicted octanol–water partition coefficient (Wildman–Crippen LogP) is 6.00. The first kappa shape index (κ1) is 23.9. The number of benzene rings is 4. The highest BCUT2D eigenvalue weighted by Crippen LogP contribution is 2.38. The predicted molar refractivity (Wildman–Crippen MR) is 142 cm³/mol. The van der Waals surface area contributed by atoms with Gasteiger partial charge in [-0.15, -0.1) is 0 Å². The van der Waals surface area contributed by atoms with E-state index in [-0.39, 0.29) is 5.56 Å². The van der Waals surface area contributed by atoms with Crippen LogP contribution in [0.4, 0.5) is 0 Å². The van der Waals surface area contributed by atoms with Crippen molar-refractivity contribution in [2.75, 3.05) is 21.3 Å². The molecule has 0 radical (unpaired) electrons. The maximum absolute atomic E-state index is 12.9. The summed E-state index contributed by atoms with van der Waals surface area (Å²) in [6.07, 6.45) is 0. The van der Waals surface area contributed by atoms with Gasteiger partial charge in [-0.25, -0.2) is 9.78 Å². The monoisotopic (exact) mass is 494 g/mol. The molecule has 7 heteroatoms. The van der Waals surface area contributed by atoms with Crippen LogP contribution in [0.1, 0.15) is 15.9 Å². The van der Waals surface area contributed by atoms with E-state index in [0.29, 0.717) is 29.5 Å². The van der Waals surface area contributed by atoms with Crippen molar-refractivity contribution in [3.05, 3.63) is 102 Å². The number of carbonyl (C=O) groups is 1. The van der Waals surface area contributed by atoms with E-state index in [1.54, 1.807) is 24.3 Å². The smallest absolute Gasteiger partial charge is 0.343 e. The Morgan fingerprint density at radius 3 is 2.08 bits per heavy atom. The molecule has 0 fully saturated rings. The molecule has 7 nitrogen and oxygen atoms in total. The molecule has 0 spiro atoms. The van der Waals surface area contributed by atoms with E-state index in [4.69, 9.17) is 23.9 Å². The summed E-state index contributed by atoms with van der Waals surface area (Å²) in [4.78, 5) is 17.8. The summed E-state index contributed by atoms with van der Waals surface area (Å²) in [5, 5.41) is 0. The van der Waals surface area contributed by atoms with Crippen LogP contribution < -0.4 is 18.9 Å². The van der Waals surface area contributed by atoms with Crippen LogP contribution in [0.25, 0.3) is 22.4 Å². The van der Waals surface area contributed by atoms with E-state index in [2.05, 4.69) is 22.8 Å². The largest absolute Gasteiger partial charge is 0.493 e. The Balaban J connectivity index is 1.42. The normalized spacial score (nSPS) is 10.8. The lowest BCUT2D eigenvalue weighted by molar-refractivity contribution is 0.0734. The minimum absolute atomic E-state index is 0.281. The van der Waals surface area contributed by atoms with E-state index in [0.717, 1.165) is 22.4 Å². The minimum atomic E-state index is -0.539. The van der Waals surface area contributed by atoms with Crippen LogP contribution in [0.3, 0.4) is 0 Å². The third-order valence-corrected chi connectivity index (χ3v) is 6.06. The number of carbonyl (C=O) groups excluding carboxylic acids is 1. The van der Waals surface area contributed by atoms with E-state index in [9.17, 15) is 4.79 Å². The van der Waals surface area contributed by atoms with E-state index in [1.165, 1.54) is 26.9 Å². The van der Waals surface area contributed by atoms with Crippen LogP contribution >= 0.6 is 0 Å². The molecule has 0 unspecified atom stereocenters. The first-order valence-corrected chi connectivity index (χ1v) is 11.7. The first-order valence-electron chi connectivity index (χ1n) is 11.7. The molecule has 1 aromatic heterocycles. The van der Waals surface area contributed by atoms with E-state index >= 15 is 0 Å². The third-order valence-electron chi connectivity index (χ3n) is 6.06. The SMILES string of the molecule is COc1cc(C(=O)Oc2ccc(-c3nc4ccccc4n3Cc3ccccc3)cc2)cc(OC)c1OC. The number of methoxy groups -OCH3 is 3. The average Bonchev–Trinajstić information content (AvgIpc) is 3.31. The van der Waals surface area contributed by atoms with Crippen molar-refractivity contribution < 1.29 is 23.7 Å². The van der Waals surface area contributed by atoms with Gasteiger partial charge in [0, 0.05) is 12.1 Å². The average molecular weight is 495 g/mol. The molecule has 0 aliphatic heterocycles. The summed E-state index contributed by atoms with van der Waals surface area (Å²) in [7, 11) is 4.50. The number of nitrogens with zero attached hydrogens (tertiary/aromatic N) is 2. The topological polar surface area (TPSA) is 71.8 Å². The van der Waals surface area contributed by atoms with Crippen LogP contribution in [0, 0.1) is 0 Å². The number of aromatic nitrogens is 2. The number of rotatable bonds is 8. The maximum atomic E-state index is 12.9. The van der Waals surface area contributed by atoms with E-state index < -0.39 is 5.97 Å². The van der Waals surface area contributed by atoms with Crippen LogP contribution in [0.2, 0.25) is 0 Å². The lowest BCUT2D eigenvalue weighted by Crippen LogP contribution is -2.09. The Kier molecular flexibility index (Phi) is 6.76. The van der Waals surface area contributed by atoms with Crippen molar-refractivity contribution in [3.8, 4) is 34.4 Å². The third kappa shape index (κ3) is 4.84. The fraction of sp³-hybridized carbons (Fsp3) is 0.133. The fourth-order valence-electron chi connectivity index (χ4n) is 4.26. The summed E-state index contributed by atoms with van der Waals surface area (Å²) in [6.45, 7) is 0.689. The molecule has 5 aromatic rings. The van der Waals surface area contributed by atoms with Gasteiger partial charge in [-0.1, -0.05) is 42.5 Å². The molecule has 0 atom stereocenters. The number of hydrogen-bond donors (Lipinski definition) is 0. The zero-order valence-electron chi connectivity index (χ0n) is 20.8. The van der Waals surface area contributed by atoms with Crippen molar-refractivity contribution in [3.63, 3.8) is 0 Å². The number of para-hydroxylation sites is 2. The van der Waals surface area contributed by atoms with Gasteiger partial charge >= 0.3 is 5.97 Å². The minimum Gasteiger partial charge on any atom is -0.493 e. The Morgan fingerprint density at radius 1 is 0.784 bits per heavy atom. The molecule has 186 valence electrons. The fourth-order valence-corrected chi connectivity index (χ4v) is 4.26. The van der Waals surface area contributed by atoms with Gasteiger partial charge in [0.2, 0.25) is 5.75 Å². The Bertz CT molecular complexity index is 1520. The van der Waals surface area contributed by atoms with Gasteiger partial charge in [0.05, 0.1) is 37.9 Å². The molecule has 1 heterocycles. The molecule has 0 aliphatic carbocycles. The van der Waals surface area contributed by atoms with Crippen LogP contribution in [0.5, 0.6) is 23.0 Å². The van der Waals surface area contributed by atoms with Crippen LogP contribution in [-0.2, 0) is 6.54 Å². The Morgan fingerprint density at radius 2 is 1.43 bits per heavy atom. The summed E-state index contributed by atoms with van der Waals surface area (Å²) in [5.74, 6) is 1.87. The molecule has 0 saturated heterocycles. The molecule has 0 saturated carbocycles. The molecule has 0 N–H and O–H groups in total. The first-order chi connectivity index (χ1) is 18.1.